The number of halogens is 1. The molecule has 3 nitrogen and oxygen atoms in total. The number of hydrogen-bond acceptors (Lipinski definition) is 2. The van der Waals surface area contributed by atoms with Crippen molar-refractivity contribution in [3.8, 4) is 0 Å². The summed E-state index contributed by atoms with van der Waals surface area (Å²) in [5, 5.41) is 2.62. The molecule has 4 heteroatoms. The lowest BCUT2D eigenvalue weighted by atomic mass is 9.72. The maximum atomic E-state index is 14.7. The molecule has 2 rings (SSSR count). The van der Waals surface area contributed by atoms with Crippen molar-refractivity contribution in [2.45, 2.75) is 79.0 Å². The summed E-state index contributed by atoms with van der Waals surface area (Å²) < 4.78 is 19.8. The van der Waals surface area contributed by atoms with E-state index in [2.05, 4.69) is 38.2 Å². The summed E-state index contributed by atoms with van der Waals surface area (Å²) in [6.45, 7) is 12.4. The summed E-state index contributed by atoms with van der Waals surface area (Å²) in [5.41, 5.74) is 4.10. The van der Waals surface area contributed by atoms with E-state index in [1.165, 1.54) is 24.0 Å². The molecule has 160 valence electrons. The Morgan fingerprint density at radius 3 is 2.69 bits per heavy atom. The van der Waals surface area contributed by atoms with E-state index >= 15 is 0 Å². The van der Waals surface area contributed by atoms with Crippen LogP contribution in [0.3, 0.4) is 0 Å². The van der Waals surface area contributed by atoms with Crippen molar-refractivity contribution in [2.75, 3.05) is 6.54 Å². The summed E-state index contributed by atoms with van der Waals surface area (Å²) in [6, 6.07) is 7.57. The van der Waals surface area contributed by atoms with Crippen LogP contribution in [0.25, 0.3) is 6.08 Å². The first kappa shape index (κ1) is 23.2. The molecule has 1 aromatic rings. The molecule has 29 heavy (non-hydrogen) atoms. The van der Waals surface area contributed by atoms with Crippen LogP contribution in [0.1, 0.15) is 84.5 Å². The predicted octanol–water partition coefficient (Wildman–Crippen LogP) is 7.15. The molecule has 0 heterocycles. The number of carbonyl (C=O) groups excluding carboxylic acids is 1. The Bertz CT molecular complexity index is 771. The first-order valence-corrected chi connectivity index (χ1v) is 10.6. The van der Waals surface area contributed by atoms with E-state index in [9.17, 15) is 9.18 Å². The summed E-state index contributed by atoms with van der Waals surface area (Å²) in [6.07, 6.45) is 6.44. The van der Waals surface area contributed by atoms with Crippen molar-refractivity contribution in [1.82, 2.24) is 5.32 Å². The minimum absolute atomic E-state index is 0.187. The molecule has 0 radical (unpaired) electrons. The molecule has 0 bridgehead atoms. The number of amides is 1. The molecule has 1 aliphatic carbocycles. The maximum Gasteiger partial charge on any atom is 0.407 e. The fourth-order valence-corrected chi connectivity index (χ4v) is 3.83. The summed E-state index contributed by atoms with van der Waals surface area (Å²) >= 11 is 0. The highest BCUT2D eigenvalue weighted by molar-refractivity contribution is 5.67. The van der Waals surface area contributed by atoms with Crippen LogP contribution >= 0.6 is 0 Å². The Morgan fingerprint density at radius 1 is 1.31 bits per heavy atom. The lowest BCUT2D eigenvalue weighted by Gasteiger charge is -2.32. The van der Waals surface area contributed by atoms with Crippen LogP contribution in [0.15, 0.2) is 41.5 Å². The van der Waals surface area contributed by atoms with Crippen molar-refractivity contribution in [3.05, 3.63) is 52.6 Å². The Balaban J connectivity index is 1.97. The normalized spacial score (nSPS) is 18.0. The molecule has 1 atom stereocenters. The first-order valence-electron chi connectivity index (χ1n) is 10.6. The van der Waals surface area contributed by atoms with Crippen LogP contribution < -0.4 is 5.32 Å². The van der Waals surface area contributed by atoms with E-state index in [4.69, 9.17) is 4.74 Å². The van der Waals surface area contributed by atoms with E-state index in [1.54, 1.807) is 26.8 Å². The molecule has 1 unspecified atom stereocenters. The maximum absolute atomic E-state index is 14.7. The Hall–Kier alpha value is -2.10. The molecule has 0 fully saturated rings. The predicted molar refractivity (Wildman–Crippen MR) is 119 cm³/mol. The molecular weight excluding hydrogens is 365 g/mol. The monoisotopic (exact) mass is 401 g/mol. The van der Waals surface area contributed by atoms with Crippen LogP contribution in [-0.2, 0) is 4.74 Å². The van der Waals surface area contributed by atoms with Gasteiger partial charge in [0.15, 0.2) is 0 Å². The Labute approximate surface area is 175 Å². The van der Waals surface area contributed by atoms with Gasteiger partial charge in [-0.2, -0.15) is 0 Å². The van der Waals surface area contributed by atoms with E-state index in [0.29, 0.717) is 5.56 Å². The highest BCUT2D eigenvalue weighted by Crippen LogP contribution is 2.41. The molecule has 1 aliphatic rings. The van der Waals surface area contributed by atoms with E-state index < -0.39 is 17.9 Å². The largest absolute Gasteiger partial charge is 0.444 e. The van der Waals surface area contributed by atoms with Gasteiger partial charge < -0.3 is 10.1 Å². The van der Waals surface area contributed by atoms with Gasteiger partial charge in [0.1, 0.15) is 11.8 Å². The van der Waals surface area contributed by atoms with Crippen LogP contribution in [0.2, 0.25) is 0 Å². The van der Waals surface area contributed by atoms with Gasteiger partial charge in [0.25, 0.3) is 0 Å². The molecule has 0 saturated heterocycles. The Morgan fingerprint density at radius 2 is 2.03 bits per heavy atom. The van der Waals surface area contributed by atoms with Crippen LogP contribution in [0, 0.1) is 5.41 Å². The zero-order chi connectivity index (χ0) is 21.7. The number of alkyl halides is 1. The molecule has 0 saturated carbocycles. The van der Waals surface area contributed by atoms with E-state index in [-0.39, 0.29) is 18.4 Å². The number of hydrogen-bond donors (Lipinski definition) is 1. The fourth-order valence-electron chi connectivity index (χ4n) is 3.83. The van der Waals surface area contributed by atoms with Crippen LogP contribution in [0.4, 0.5) is 9.18 Å². The minimum atomic E-state index is -1.13. The molecule has 0 aromatic heterocycles. The third kappa shape index (κ3) is 7.34. The SMILES string of the molecule is CC1=C(C=Cc2cccc(C(F)CCNC(=O)OC(C)(C)C)c2)C(C)(C)CCC1. The standard InChI is InChI=1S/C25H36FNO2/c1-18-9-8-15-25(5,6)21(18)13-12-19-10-7-11-20(17-19)22(26)14-16-27-23(28)29-24(2,3)4/h7,10-13,17,22H,8-9,14-16H2,1-6H3,(H,27,28). The second-order valence-electron chi connectivity index (χ2n) is 9.62. The van der Waals surface area contributed by atoms with Crippen LogP contribution in [0.5, 0.6) is 0 Å². The third-order valence-electron chi connectivity index (χ3n) is 5.32. The first-order chi connectivity index (χ1) is 13.5. The number of ether oxygens (including phenoxy) is 1. The van der Waals surface area contributed by atoms with E-state index in [0.717, 1.165) is 12.0 Å². The number of allylic oxidation sites excluding steroid dienone is 3. The third-order valence-corrected chi connectivity index (χ3v) is 5.32. The van der Waals surface area contributed by atoms with Gasteiger partial charge in [0.2, 0.25) is 0 Å². The lowest BCUT2D eigenvalue weighted by Crippen LogP contribution is -2.33. The molecule has 1 N–H and O–H groups in total. The molecular formula is C25H36FNO2. The number of nitrogens with one attached hydrogen (secondary N) is 1. The van der Waals surface area contributed by atoms with Gasteiger partial charge in [0.05, 0.1) is 0 Å². The summed E-state index contributed by atoms with van der Waals surface area (Å²) in [7, 11) is 0. The molecule has 0 spiro atoms. The molecule has 1 amide bonds. The number of alkyl carbamates (subject to hydrolysis) is 1. The number of benzene rings is 1. The molecule has 1 aromatic carbocycles. The lowest BCUT2D eigenvalue weighted by molar-refractivity contribution is 0.0524. The van der Waals surface area contributed by atoms with Gasteiger partial charge in [-0.15, -0.1) is 0 Å². The van der Waals surface area contributed by atoms with Crippen LogP contribution in [-0.4, -0.2) is 18.2 Å². The highest BCUT2D eigenvalue weighted by atomic mass is 19.1. The average molecular weight is 402 g/mol. The highest BCUT2D eigenvalue weighted by Gasteiger charge is 2.26. The topological polar surface area (TPSA) is 38.3 Å². The van der Waals surface area contributed by atoms with Gasteiger partial charge >= 0.3 is 6.09 Å². The average Bonchev–Trinajstić information content (AvgIpc) is 2.59. The van der Waals surface area contributed by atoms with Crippen molar-refractivity contribution in [1.29, 1.82) is 0 Å². The fraction of sp³-hybridized carbons (Fsp3) is 0.560. The molecule has 0 aliphatic heterocycles. The van der Waals surface area contributed by atoms with Crippen molar-refractivity contribution >= 4 is 12.2 Å². The van der Waals surface area contributed by atoms with Gasteiger partial charge in [-0.1, -0.05) is 49.8 Å². The van der Waals surface area contributed by atoms with Gasteiger partial charge in [-0.3, -0.25) is 0 Å². The van der Waals surface area contributed by atoms with Crippen molar-refractivity contribution in [3.63, 3.8) is 0 Å². The smallest absolute Gasteiger partial charge is 0.407 e. The zero-order valence-corrected chi connectivity index (χ0v) is 18.8. The number of rotatable bonds is 6. The quantitative estimate of drug-likeness (QED) is 0.549. The van der Waals surface area contributed by atoms with Gasteiger partial charge in [-0.25, -0.2) is 9.18 Å². The number of carbonyl (C=O) groups is 1. The summed E-state index contributed by atoms with van der Waals surface area (Å²) in [4.78, 5) is 11.7. The zero-order valence-electron chi connectivity index (χ0n) is 18.8. The minimum Gasteiger partial charge on any atom is -0.444 e. The van der Waals surface area contributed by atoms with E-state index in [1.807, 2.05) is 18.2 Å². The van der Waals surface area contributed by atoms with Gasteiger partial charge in [-0.05, 0) is 75.1 Å². The second kappa shape index (κ2) is 9.60. The Kier molecular flexibility index (Phi) is 7.67. The van der Waals surface area contributed by atoms with Crippen molar-refractivity contribution in [2.24, 2.45) is 5.41 Å². The van der Waals surface area contributed by atoms with Crippen molar-refractivity contribution < 1.29 is 13.9 Å². The van der Waals surface area contributed by atoms with Gasteiger partial charge in [0, 0.05) is 13.0 Å². The second-order valence-corrected chi connectivity index (χ2v) is 9.62. The summed E-state index contributed by atoms with van der Waals surface area (Å²) in [5.74, 6) is 0.